The third-order valence-electron chi connectivity index (χ3n) is 5.10. The number of hydrogen-bond donors (Lipinski definition) is 5. The summed E-state index contributed by atoms with van der Waals surface area (Å²) in [7, 11) is 0. The minimum absolute atomic E-state index is 0.0302. The van der Waals surface area contributed by atoms with Crippen molar-refractivity contribution < 1.29 is 19.2 Å². The standard InChI is InChI=1S/C16H26N4O4S2/c1-8(21)18-11(7-26)16(24)20-12-4-2-3-9(12)5-13(20)15(23)19-10(6-25)14(17)22/h9-13,25-26H,2-7H2,1H3,(H2,17,22)(H,18,21)(H,19,23). The highest BCUT2D eigenvalue weighted by atomic mass is 32.1. The number of likely N-dealkylation sites (tertiary alicyclic amines) is 1. The van der Waals surface area contributed by atoms with Crippen LogP contribution < -0.4 is 16.4 Å². The predicted octanol–water partition coefficient (Wildman–Crippen LogP) is -0.910. The Morgan fingerprint density at radius 3 is 2.31 bits per heavy atom. The normalized spacial score (nSPS) is 26.7. The van der Waals surface area contributed by atoms with Gasteiger partial charge in [-0.15, -0.1) is 0 Å². The molecule has 1 saturated carbocycles. The Bertz CT molecular complexity index is 589. The molecule has 5 atom stereocenters. The second-order valence-electron chi connectivity index (χ2n) is 6.84. The van der Waals surface area contributed by atoms with Gasteiger partial charge in [0.25, 0.3) is 0 Å². The van der Waals surface area contributed by atoms with Crippen molar-refractivity contribution in [2.75, 3.05) is 11.5 Å². The predicted molar refractivity (Wildman–Crippen MR) is 103 cm³/mol. The molecule has 2 fully saturated rings. The van der Waals surface area contributed by atoms with Crippen LogP contribution in [0.15, 0.2) is 0 Å². The number of nitrogens with zero attached hydrogens (tertiary/aromatic N) is 1. The van der Waals surface area contributed by atoms with Gasteiger partial charge in [0.1, 0.15) is 18.1 Å². The maximum atomic E-state index is 13.0. The second-order valence-corrected chi connectivity index (χ2v) is 7.57. The van der Waals surface area contributed by atoms with Crippen molar-refractivity contribution in [2.24, 2.45) is 11.7 Å². The van der Waals surface area contributed by atoms with Gasteiger partial charge in [0.2, 0.25) is 23.6 Å². The number of carbonyl (C=O) groups excluding carboxylic acids is 4. The zero-order valence-electron chi connectivity index (χ0n) is 14.7. The zero-order chi connectivity index (χ0) is 19.4. The van der Waals surface area contributed by atoms with Crippen LogP contribution in [0.25, 0.3) is 0 Å². The van der Waals surface area contributed by atoms with Crippen LogP contribution in [0, 0.1) is 5.92 Å². The third-order valence-corrected chi connectivity index (χ3v) is 5.83. The van der Waals surface area contributed by atoms with Gasteiger partial charge in [-0.25, -0.2) is 0 Å². The summed E-state index contributed by atoms with van der Waals surface area (Å²) in [4.78, 5) is 50.1. The molecule has 0 spiro atoms. The van der Waals surface area contributed by atoms with Crippen LogP contribution in [0.3, 0.4) is 0 Å². The molecule has 0 bridgehead atoms. The fourth-order valence-corrected chi connectivity index (χ4v) is 4.44. The fraction of sp³-hybridized carbons (Fsp3) is 0.750. The molecule has 26 heavy (non-hydrogen) atoms. The van der Waals surface area contributed by atoms with Crippen LogP contribution in [0.4, 0.5) is 0 Å². The lowest BCUT2D eigenvalue weighted by molar-refractivity contribution is -0.143. The van der Waals surface area contributed by atoms with Crippen molar-refractivity contribution in [2.45, 2.75) is 56.8 Å². The molecule has 0 radical (unpaired) electrons. The summed E-state index contributed by atoms with van der Waals surface area (Å²) in [6, 6.07) is -2.39. The molecule has 1 heterocycles. The fourth-order valence-electron chi connectivity index (χ4n) is 3.93. The maximum absolute atomic E-state index is 13.0. The summed E-state index contributed by atoms with van der Waals surface area (Å²) in [5.41, 5.74) is 5.26. The first-order valence-corrected chi connectivity index (χ1v) is 9.97. The maximum Gasteiger partial charge on any atom is 0.246 e. The molecule has 0 aromatic heterocycles. The van der Waals surface area contributed by atoms with Gasteiger partial charge in [0.15, 0.2) is 0 Å². The van der Waals surface area contributed by atoms with Crippen LogP contribution in [0.2, 0.25) is 0 Å². The number of amides is 4. The van der Waals surface area contributed by atoms with E-state index in [1.54, 1.807) is 4.90 Å². The first kappa shape index (κ1) is 20.9. The van der Waals surface area contributed by atoms with Crippen molar-refractivity contribution in [3.8, 4) is 0 Å². The van der Waals surface area contributed by atoms with E-state index in [-0.39, 0.29) is 35.3 Å². The van der Waals surface area contributed by atoms with E-state index in [1.165, 1.54) is 6.92 Å². The Kier molecular flexibility index (Phi) is 7.22. The van der Waals surface area contributed by atoms with E-state index in [4.69, 9.17) is 5.73 Å². The molecule has 1 aliphatic heterocycles. The van der Waals surface area contributed by atoms with Crippen molar-refractivity contribution in [3.05, 3.63) is 0 Å². The van der Waals surface area contributed by atoms with Crippen LogP contribution in [-0.4, -0.2) is 64.2 Å². The number of fused-ring (bicyclic) bond motifs is 1. The smallest absolute Gasteiger partial charge is 0.246 e. The number of nitrogens with one attached hydrogen (secondary N) is 2. The number of nitrogens with two attached hydrogens (primary N) is 1. The summed E-state index contributed by atoms with van der Waals surface area (Å²) in [6.07, 6.45) is 3.32. The Labute approximate surface area is 163 Å². The van der Waals surface area contributed by atoms with Gasteiger partial charge in [-0.1, -0.05) is 6.42 Å². The minimum Gasteiger partial charge on any atom is -0.368 e. The van der Waals surface area contributed by atoms with Gasteiger partial charge in [0.05, 0.1) is 0 Å². The van der Waals surface area contributed by atoms with E-state index < -0.39 is 29.9 Å². The molecule has 0 aromatic carbocycles. The summed E-state index contributed by atoms with van der Waals surface area (Å²) in [6.45, 7) is 1.33. The number of hydrogen-bond acceptors (Lipinski definition) is 6. The second kappa shape index (κ2) is 8.98. The molecule has 10 heteroatoms. The molecule has 2 aliphatic rings. The van der Waals surface area contributed by atoms with E-state index in [1.807, 2.05) is 0 Å². The van der Waals surface area contributed by atoms with Gasteiger partial charge >= 0.3 is 0 Å². The van der Waals surface area contributed by atoms with Gasteiger partial charge in [-0.2, -0.15) is 25.3 Å². The average molecular weight is 403 g/mol. The molecule has 5 unspecified atom stereocenters. The first-order chi connectivity index (χ1) is 12.3. The van der Waals surface area contributed by atoms with Gasteiger partial charge in [-0.05, 0) is 25.2 Å². The highest BCUT2D eigenvalue weighted by Gasteiger charge is 2.50. The van der Waals surface area contributed by atoms with Crippen molar-refractivity contribution >= 4 is 48.9 Å². The van der Waals surface area contributed by atoms with Gasteiger partial charge < -0.3 is 21.3 Å². The van der Waals surface area contributed by atoms with Gasteiger partial charge in [0, 0.05) is 24.5 Å². The zero-order valence-corrected chi connectivity index (χ0v) is 16.5. The molecule has 8 nitrogen and oxygen atoms in total. The Morgan fingerprint density at radius 2 is 1.77 bits per heavy atom. The Hall–Kier alpha value is -1.42. The molecule has 4 N–H and O–H groups in total. The lowest BCUT2D eigenvalue weighted by Crippen LogP contribution is -2.58. The van der Waals surface area contributed by atoms with E-state index >= 15 is 0 Å². The summed E-state index contributed by atoms with van der Waals surface area (Å²) >= 11 is 8.20. The summed E-state index contributed by atoms with van der Waals surface area (Å²) in [5.74, 6) is -1.26. The Balaban J connectivity index is 2.21. The number of rotatable bonds is 7. The van der Waals surface area contributed by atoms with E-state index in [2.05, 4.69) is 35.9 Å². The van der Waals surface area contributed by atoms with Crippen LogP contribution in [0.1, 0.15) is 32.6 Å². The average Bonchev–Trinajstić information content (AvgIpc) is 3.16. The van der Waals surface area contributed by atoms with E-state index in [9.17, 15) is 19.2 Å². The monoisotopic (exact) mass is 402 g/mol. The van der Waals surface area contributed by atoms with Crippen molar-refractivity contribution in [3.63, 3.8) is 0 Å². The highest BCUT2D eigenvalue weighted by molar-refractivity contribution is 7.80. The molecular weight excluding hydrogens is 376 g/mol. The van der Waals surface area contributed by atoms with Crippen LogP contribution in [0.5, 0.6) is 0 Å². The highest BCUT2D eigenvalue weighted by Crippen LogP contribution is 2.41. The number of primary amides is 1. The van der Waals surface area contributed by atoms with Crippen molar-refractivity contribution in [1.29, 1.82) is 0 Å². The van der Waals surface area contributed by atoms with Crippen molar-refractivity contribution in [1.82, 2.24) is 15.5 Å². The topological polar surface area (TPSA) is 122 Å². The quantitative estimate of drug-likeness (QED) is 0.354. The summed E-state index contributed by atoms with van der Waals surface area (Å²) in [5, 5.41) is 5.18. The lowest BCUT2D eigenvalue weighted by Gasteiger charge is -2.32. The lowest BCUT2D eigenvalue weighted by atomic mass is 10.0. The molecule has 2 rings (SSSR count). The molecule has 0 aromatic rings. The Morgan fingerprint density at radius 1 is 1.12 bits per heavy atom. The largest absolute Gasteiger partial charge is 0.368 e. The van der Waals surface area contributed by atoms with Crippen LogP contribution >= 0.6 is 25.3 Å². The molecule has 146 valence electrons. The van der Waals surface area contributed by atoms with E-state index in [0.29, 0.717) is 6.42 Å². The molecule has 1 saturated heterocycles. The molecular formula is C16H26N4O4S2. The molecule has 1 aliphatic carbocycles. The van der Waals surface area contributed by atoms with Gasteiger partial charge in [-0.3, -0.25) is 19.2 Å². The number of carbonyl (C=O) groups is 4. The minimum atomic E-state index is -0.890. The molecule has 4 amide bonds. The number of thiol groups is 2. The first-order valence-electron chi connectivity index (χ1n) is 8.70. The third kappa shape index (κ3) is 4.46. The summed E-state index contributed by atoms with van der Waals surface area (Å²) < 4.78 is 0. The van der Waals surface area contributed by atoms with Crippen LogP contribution in [-0.2, 0) is 19.2 Å². The SMILES string of the molecule is CC(=O)NC(CS)C(=O)N1C(C(=O)NC(CS)C(N)=O)CC2CCCC21. The van der Waals surface area contributed by atoms with E-state index in [0.717, 1.165) is 19.3 Å².